The predicted molar refractivity (Wildman–Crippen MR) is 48.5 cm³/mol. The fraction of sp³-hybridized carbons (Fsp3) is 0.222. The van der Waals surface area contributed by atoms with Crippen LogP contribution in [0.25, 0.3) is 0 Å². The summed E-state index contributed by atoms with van der Waals surface area (Å²) in [5, 5.41) is 10.7. The molecule has 0 heterocycles. The van der Waals surface area contributed by atoms with Crippen LogP contribution in [-0.2, 0) is 9.63 Å². The summed E-state index contributed by atoms with van der Waals surface area (Å²) in [4.78, 5) is 15.2. The van der Waals surface area contributed by atoms with Crippen molar-refractivity contribution in [1.82, 2.24) is 0 Å². The van der Waals surface area contributed by atoms with Crippen molar-refractivity contribution in [2.45, 2.75) is 0 Å². The van der Waals surface area contributed by atoms with Gasteiger partial charge in [0.25, 0.3) is 0 Å². The summed E-state index contributed by atoms with van der Waals surface area (Å²) in [6.45, 7) is 0.0913. The van der Waals surface area contributed by atoms with Crippen molar-refractivity contribution in [3.05, 3.63) is 24.3 Å². The van der Waals surface area contributed by atoms with E-state index in [2.05, 4.69) is 0 Å². The lowest BCUT2D eigenvalue weighted by Crippen LogP contribution is -2.23. The van der Waals surface area contributed by atoms with Crippen LogP contribution in [-0.4, -0.2) is 25.0 Å². The lowest BCUT2D eigenvalue weighted by molar-refractivity contribution is -0.107. The maximum atomic E-state index is 10.3. The molecule has 1 rings (SSSR count). The average molecular weight is 181 g/mol. The van der Waals surface area contributed by atoms with Crippen LogP contribution in [0.15, 0.2) is 24.3 Å². The highest BCUT2D eigenvalue weighted by Crippen LogP contribution is 2.25. The predicted octanol–water partition coefficient (Wildman–Crippen LogP) is 0.959. The van der Waals surface area contributed by atoms with Gasteiger partial charge in [0.1, 0.15) is 24.3 Å². The van der Waals surface area contributed by atoms with Gasteiger partial charge in [-0.2, -0.15) is 0 Å². The van der Waals surface area contributed by atoms with Gasteiger partial charge in [-0.1, -0.05) is 12.1 Å². The third-order valence-electron chi connectivity index (χ3n) is 1.61. The number of phenolic OH excluding ortho intramolecular Hbond substituents is 1. The van der Waals surface area contributed by atoms with Crippen molar-refractivity contribution in [2.24, 2.45) is 0 Å². The molecule has 4 nitrogen and oxygen atoms in total. The van der Waals surface area contributed by atoms with Gasteiger partial charge in [-0.25, -0.2) is 5.06 Å². The van der Waals surface area contributed by atoms with E-state index in [1.807, 2.05) is 0 Å². The smallest absolute Gasteiger partial charge is 0.141 e. The number of hydrogen-bond donors (Lipinski definition) is 1. The van der Waals surface area contributed by atoms with Gasteiger partial charge in [0.2, 0.25) is 0 Å². The molecule has 0 aromatic heterocycles. The van der Waals surface area contributed by atoms with E-state index < -0.39 is 0 Å². The summed E-state index contributed by atoms with van der Waals surface area (Å²) in [5.41, 5.74) is 0.483. The molecule has 0 radical (unpaired) electrons. The summed E-state index contributed by atoms with van der Waals surface area (Å²) < 4.78 is 0. The number of aromatic hydroxyl groups is 1. The number of nitrogens with zero attached hydrogens (tertiary/aromatic N) is 1. The maximum Gasteiger partial charge on any atom is 0.141 e. The summed E-state index contributed by atoms with van der Waals surface area (Å²) in [6.07, 6.45) is 0.704. The van der Waals surface area contributed by atoms with Gasteiger partial charge in [0, 0.05) is 0 Å². The van der Waals surface area contributed by atoms with Gasteiger partial charge >= 0.3 is 0 Å². The minimum atomic E-state index is 0.0891. The van der Waals surface area contributed by atoms with Crippen LogP contribution in [0.5, 0.6) is 5.75 Å². The number of hydrogen-bond acceptors (Lipinski definition) is 4. The van der Waals surface area contributed by atoms with E-state index in [0.29, 0.717) is 12.0 Å². The topological polar surface area (TPSA) is 49.8 Å². The number of para-hydroxylation sites is 2. The van der Waals surface area contributed by atoms with E-state index in [1.165, 1.54) is 18.2 Å². The fourth-order valence-corrected chi connectivity index (χ4v) is 1.01. The van der Waals surface area contributed by atoms with Crippen molar-refractivity contribution < 1.29 is 14.7 Å². The lowest BCUT2D eigenvalue weighted by atomic mass is 10.3. The molecular weight excluding hydrogens is 170 g/mol. The van der Waals surface area contributed by atoms with Gasteiger partial charge < -0.3 is 9.90 Å². The standard InChI is InChI=1S/C9H11NO3/c1-13-10(6-7-11)8-4-2-3-5-9(8)12/h2-5,7,12H,6H2,1H3. The number of hydroxylamine groups is 1. The molecule has 0 bridgehead atoms. The minimum absolute atomic E-state index is 0.0891. The van der Waals surface area contributed by atoms with E-state index >= 15 is 0 Å². The second-order valence-corrected chi connectivity index (χ2v) is 2.40. The molecule has 0 aliphatic heterocycles. The SMILES string of the molecule is CON(CC=O)c1ccccc1O. The van der Waals surface area contributed by atoms with Crippen LogP contribution in [0, 0.1) is 0 Å². The molecule has 70 valence electrons. The average Bonchev–Trinajstić information content (AvgIpc) is 2.16. The molecule has 0 aliphatic rings. The van der Waals surface area contributed by atoms with Crippen molar-refractivity contribution >= 4 is 12.0 Å². The molecule has 0 atom stereocenters. The second kappa shape index (κ2) is 4.47. The van der Waals surface area contributed by atoms with E-state index in [1.54, 1.807) is 18.2 Å². The number of anilines is 1. The number of rotatable bonds is 4. The van der Waals surface area contributed by atoms with Crippen LogP contribution in [0.4, 0.5) is 5.69 Å². The summed E-state index contributed by atoms with van der Waals surface area (Å²) >= 11 is 0. The zero-order chi connectivity index (χ0) is 9.68. The van der Waals surface area contributed by atoms with Gasteiger partial charge in [-0.15, -0.1) is 0 Å². The highest BCUT2D eigenvalue weighted by molar-refractivity contribution is 5.63. The first-order chi connectivity index (χ1) is 6.29. The molecule has 0 spiro atoms. The first-order valence-electron chi connectivity index (χ1n) is 3.83. The summed E-state index contributed by atoms with van der Waals surface area (Å²) in [6, 6.07) is 6.66. The fourth-order valence-electron chi connectivity index (χ4n) is 1.01. The van der Waals surface area contributed by atoms with E-state index in [9.17, 15) is 9.90 Å². The molecule has 4 heteroatoms. The van der Waals surface area contributed by atoms with E-state index in [-0.39, 0.29) is 12.3 Å². The summed E-state index contributed by atoms with van der Waals surface area (Å²) in [5.74, 6) is 0.0891. The normalized spacial score (nSPS) is 9.62. The summed E-state index contributed by atoms with van der Waals surface area (Å²) in [7, 11) is 1.44. The molecule has 0 saturated heterocycles. The van der Waals surface area contributed by atoms with Gasteiger partial charge in [0.15, 0.2) is 0 Å². The Balaban J connectivity index is 2.90. The molecule has 0 amide bonds. The first kappa shape index (κ1) is 9.54. The number of phenols is 1. The zero-order valence-corrected chi connectivity index (χ0v) is 7.30. The first-order valence-corrected chi connectivity index (χ1v) is 3.83. The highest BCUT2D eigenvalue weighted by atomic mass is 16.7. The number of carbonyl (C=O) groups excluding carboxylic acids is 1. The Bertz CT molecular complexity index is 288. The van der Waals surface area contributed by atoms with Crippen LogP contribution in [0.3, 0.4) is 0 Å². The van der Waals surface area contributed by atoms with Crippen molar-refractivity contribution in [2.75, 3.05) is 18.7 Å². The van der Waals surface area contributed by atoms with Crippen LogP contribution < -0.4 is 5.06 Å². The lowest BCUT2D eigenvalue weighted by Gasteiger charge is -2.19. The molecule has 1 N–H and O–H groups in total. The van der Waals surface area contributed by atoms with Gasteiger partial charge in [-0.05, 0) is 12.1 Å². The molecule has 0 fully saturated rings. The molecule has 0 aliphatic carbocycles. The molecule has 0 unspecified atom stereocenters. The molecule has 13 heavy (non-hydrogen) atoms. The molecule has 1 aromatic carbocycles. The maximum absolute atomic E-state index is 10.3. The number of carbonyl (C=O) groups is 1. The van der Waals surface area contributed by atoms with Crippen LogP contribution in [0.2, 0.25) is 0 Å². The Labute approximate surface area is 76.3 Å². The number of benzene rings is 1. The highest BCUT2D eigenvalue weighted by Gasteiger charge is 2.08. The Morgan fingerprint density at radius 2 is 2.23 bits per heavy atom. The molecular formula is C9H11NO3. The largest absolute Gasteiger partial charge is 0.506 e. The minimum Gasteiger partial charge on any atom is -0.506 e. The van der Waals surface area contributed by atoms with E-state index in [4.69, 9.17) is 4.84 Å². The number of aldehydes is 1. The Morgan fingerprint density at radius 1 is 1.54 bits per heavy atom. The Kier molecular flexibility index (Phi) is 3.28. The van der Waals surface area contributed by atoms with Crippen LogP contribution >= 0.6 is 0 Å². The van der Waals surface area contributed by atoms with E-state index in [0.717, 1.165) is 0 Å². The Morgan fingerprint density at radius 3 is 2.77 bits per heavy atom. The zero-order valence-electron chi connectivity index (χ0n) is 7.30. The molecule has 0 saturated carbocycles. The third-order valence-corrected chi connectivity index (χ3v) is 1.61. The monoisotopic (exact) mass is 181 g/mol. The van der Waals surface area contributed by atoms with Gasteiger partial charge in [-0.3, -0.25) is 4.84 Å². The van der Waals surface area contributed by atoms with Gasteiger partial charge in [0.05, 0.1) is 7.11 Å². The second-order valence-electron chi connectivity index (χ2n) is 2.40. The molecule has 1 aromatic rings. The quantitative estimate of drug-likeness (QED) is 0.555. The third kappa shape index (κ3) is 2.19. The van der Waals surface area contributed by atoms with Crippen LogP contribution in [0.1, 0.15) is 0 Å². The van der Waals surface area contributed by atoms with Crippen molar-refractivity contribution in [3.63, 3.8) is 0 Å². The van der Waals surface area contributed by atoms with Crippen molar-refractivity contribution in [1.29, 1.82) is 0 Å². The van der Waals surface area contributed by atoms with Crippen molar-refractivity contribution in [3.8, 4) is 5.75 Å². The Hall–Kier alpha value is -1.55.